The second-order valence-electron chi connectivity index (χ2n) is 11.0. The van der Waals surface area contributed by atoms with Crippen LogP contribution in [0.4, 0.5) is 4.39 Å². The monoisotopic (exact) mass is 542 g/mol. The third kappa shape index (κ3) is 4.47. The highest BCUT2D eigenvalue weighted by atomic mass is 19.1. The zero-order chi connectivity index (χ0) is 28.1. The van der Waals surface area contributed by atoms with Crippen LogP contribution in [0.1, 0.15) is 83.5 Å². The molecule has 1 amide bonds. The molecular weight excluding hydrogens is 511 g/mol. The van der Waals surface area contributed by atoms with Crippen LogP contribution in [-0.2, 0) is 7.05 Å². The molecule has 4 atom stereocenters. The maximum absolute atomic E-state index is 16.0. The van der Waals surface area contributed by atoms with Crippen molar-refractivity contribution in [1.29, 1.82) is 0 Å². The number of nitrogens with zero attached hydrogens (tertiary/aromatic N) is 6. The van der Waals surface area contributed by atoms with E-state index in [1.54, 1.807) is 57.7 Å². The minimum Gasteiger partial charge on any atom is -0.478 e. The highest BCUT2D eigenvalue weighted by molar-refractivity contribution is 5.96. The summed E-state index contributed by atoms with van der Waals surface area (Å²) < 4.78 is 19.2. The number of carboxylic acids is 1. The van der Waals surface area contributed by atoms with Crippen LogP contribution in [0.5, 0.6) is 0 Å². The molecule has 2 aliphatic rings. The molecule has 2 fully saturated rings. The molecule has 4 aromatic rings. The number of carbonyl (C=O) groups is 2. The Kier molecular flexibility index (Phi) is 6.48. The average Bonchev–Trinajstić information content (AvgIpc) is 3.37. The molecule has 9 nitrogen and oxygen atoms in total. The predicted octanol–water partition coefficient (Wildman–Crippen LogP) is 5.18. The molecule has 2 aromatic carbocycles. The van der Waals surface area contributed by atoms with Gasteiger partial charge < -0.3 is 10.0 Å². The van der Waals surface area contributed by atoms with Crippen LogP contribution in [0.3, 0.4) is 0 Å². The van der Waals surface area contributed by atoms with Gasteiger partial charge in [0.2, 0.25) is 0 Å². The molecule has 10 heteroatoms. The minimum absolute atomic E-state index is 0.0464. The molecule has 0 spiro atoms. The van der Waals surface area contributed by atoms with Crippen LogP contribution in [0, 0.1) is 5.82 Å². The molecule has 6 rings (SSSR count). The molecule has 206 valence electrons. The van der Waals surface area contributed by atoms with E-state index in [0.717, 1.165) is 31.4 Å². The summed E-state index contributed by atoms with van der Waals surface area (Å²) in [6, 6.07) is 12.2. The lowest BCUT2D eigenvalue weighted by Crippen LogP contribution is -2.47. The standard InChI is InChI=1S/C30H31FN6O3/c1-17-7-4-8-18(2)36(17)29(38)22-12-6-11-21(27(22)31)19-9-5-10-20(13-19)37-28(25(15-32-37)30(39)40)24-14-23(24)26-16-35(3)34-33-26/h5-6,9-13,15-18,23-24H,4,7-8,14H2,1-3H3,(H,39,40)/t17-,18+,23?,24?. The lowest BCUT2D eigenvalue weighted by Gasteiger charge is -2.39. The first-order valence-electron chi connectivity index (χ1n) is 13.6. The first-order chi connectivity index (χ1) is 19.2. The van der Waals surface area contributed by atoms with Crippen molar-refractivity contribution in [3.63, 3.8) is 0 Å². The molecule has 2 aromatic heterocycles. The van der Waals surface area contributed by atoms with Gasteiger partial charge in [0.15, 0.2) is 0 Å². The predicted molar refractivity (Wildman–Crippen MR) is 146 cm³/mol. The molecule has 1 aliphatic heterocycles. The van der Waals surface area contributed by atoms with Crippen LogP contribution in [0.2, 0.25) is 0 Å². The van der Waals surface area contributed by atoms with Gasteiger partial charge in [0.25, 0.3) is 5.91 Å². The number of aryl methyl sites for hydroxylation is 1. The smallest absolute Gasteiger partial charge is 0.339 e. The molecular formula is C30H31FN6O3. The Labute approximate surface area is 231 Å². The van der Waals surface area contributed by atoms with Crippen LogP contribution in [-0.4, -0.2) is 58.7 Å². The van der Waals surface area contributed by atoms with E-state index in [4.69, 9.17) is 0 Å². The molecule has 3 heterocycles. The summed E-state index contributed by atoms with van der Waals surface area (Å²) in [5.74, 6) is -1.95. The summed E-state index contributed by atoms with van der Waals surface area (Å²) in [5.41, 5.74) is 3.07. The van der Waals surface area contributed by atoms with Crippen LogP contribution in [0.15, 0.2) is 54.9 Å². The Bertz CT molecular complexity index is 1600. The molecule has 1 saturated heterocycles. The Balaban J connectivity index is 1.36. The van der Waals surface area contributed by atoms with Gasteiger partial charge in [-0.05, 0) is 63.3 Å². The van der Waals surface area contributed by atoms with Crippen molar-refractivity contribution in [1.82, 2.24) is 29.7 Å². The summed E-state index contributed by atoms with van der Waals surface area (Å²) in [6.07, 6.45) is 6.80. The number of hydrogen-bond donors (Lipinski definition) is 1. The zero-order valence-corrected chi connectivity index (χ0v) is 22.7. The number of carbonyl (C=O) groups excluding carboxylic acids is 1. The fraction of sp³-hybridized carbons (Fsp3) is 0.367. The fourth-order valence-electron chi connectivity index (χ4n) is 6.13. The number of carboxylic acid groups (broad SMARTS) is 1. The molecule has 0 radical (unpaired) electrons. The normalized spacial score (nSPS) is 22.4. The SMILES string of the molecule is C[C@@H]1CCC[C@H](C)N1C(=O)c1cccc(-c2cccc(-n3ncc(C(=O)O)c3C3CC3c3cn(C)nn3)c2)c1F. The van der Waals surface area contributed by atoms with Gasteiger partial charge in [-0.2, -0.15) is 5.10 Å². The molecule has 0 bridgehead atoms. The van der Waals surface area contributed by atoms with Gasteiger partial charge in [-0.15, -0.1) is 5.10 Å². The lowest BCUT2D eigenvalue weighted by molar-refractivity contribution is 0.0505. The first kappa shape index (κ1) is 25.9. The number of benzene rings is 2. The van der Waals surface area contributed by atoms with Gasteiger partial charge in [-0.25, -0.2) is 13.9 Å². The number of halogens is 1. The summed E-state index contributed by atoms with van der Waals surface area (Å²) in [6.45, 7) is 4.03. The largest absolute Gasteiger partial charge is 0.478 e. The molecule has 1 N–H and O–H groups in total. The summed E-state index contributed by atoms with van der Waals surface area (Å²) >= 11 is 0. The molecule has 1 saturated carbocycles. The number of piperidine rings is 1. The number of aromatic carboxylic acids is 1. The Morgan fingerprint density at radius 2 is 1.77 bits per heavy atom. The maximum Gasteiger partial charge on any atom is 0.339 e. The summed E-state index contributed by atoms with van der Waals surface area (Å²) in [4.78, 5) is 27.3. The van der Waals surface area contributed by atoms with Crippen molar-refractivity contribution in [2.24, 2.45) is 7.05 Å². The first-order valence-corrected chi connectivity index (χ1v) is 13.6. The number of rotatable bonds is 6. The van der Waals surface area contributed by atoms with Gasteiger partial charge in [0.05, 0.1) is 28.8 Å². The van der Waals surface area contributed by atoms with E-state index in [0.29, 0.717) is 22.5 Å². The Hall–Kier alpha value is -4.34. The van der Waals surface area contributed by atoms with Gasteiger partial charge in [-0.3, -0.25) is 9.48 Å². The van der Waals surface area contributed by atoms with E-state index in [1.807, 2.05) is 26.1 Å². The number of likely N-dealkylation sites (tertiary alicyclic amines) is 1. The van der Waals surface area contributed by atoms with Gasteiger partial charge in [-0.1, -0.05) is 29.5 Å². The Morgan fingerprint density at radius 1 is 1.02 bits per heavy atom. The zero-order valence-electron chi connectivity index (χ0n) is 22.7. The third-order valence-electron chi connectivity index (χ3n) is 8.24. The molecule has 2 unspecified atom stereocenters. The summed E-state index contributed by atoms with van der Waals surface area (Å²) in [7, 11) is 1.79. The van der Waals surface area contributed by atoms with Crippen LogP contribution >= 0.6 is 0 Å². The topological polar surface area (TPSA) is 106 Å². The van der Waals surface area contributed by atoms with E-state index in [-0.39, 0.29) is 41.0 Å². The van der Waals surface area contributed by atoms with E-state index in [9.17, 15) is 14.7 Å². The van der Waals surface area contributed by atoms with Crippen LogP contribution in [0.25, 0.3) is 16.8 Å². The summed E-state index contributed by atoms with van der Waals surface area (Å²) in [5, 5.41) is 22.5. The van der Waals surface area contributed by atoms with Gasteiger partial charge in [0.1, 0.15) is 11.4 Å². The quantitative estimate of drug-likeness (QED) is 0.360. The van der Waals surface area contributed by atoms with E-state index in [2.05, 4.69) is 15.4 Å². The molecule has 40 heavy (non-hydrogen) atoms. The van der Waals surface area contributed by atoms with E-state index >= 15 is 4.39 Å². The number of hydrogen-bond acceptors (Lipinski definition) is 5. The van der Waals surface area contributed by atoms with E-state index < -0.39 is 11.8 Å². The Morgan fingerprint density at radius 3 is 2.48 bits per heavy atom. The fourth-order valence-corrected chi connectivity index (χ4v) is 6.13. The van der Waals surface area contributed by atoms with E-state index in [1.165, 1.54) is 6.20 Å². The van der Waals surface area contributed by atoms with Crippen molar-refractivity contribution in [3.8, 4) is 16.8 Å². The minimum atomic E-state index is -1.05. The average molecular weight is 543 g/mol. The van der Waals surface area contributed by atoms with Gasteiger partial charge >= 0.3 is 5.97 Å². The second-order valence-corrected chi connectivity index (χ2v) is 11.0. The highest BCUT2D eigenvalue weighted by Crippen LogP contribution is 2.55. The molecule has 1 aliphatic carbocycles. The van der Waals surface area contributed by atoms with Crippen molar-refractivity contribution >= 4 is 11.9 Å². The number of aromatic nitrogens is 5. The second kappa shape index (κ2) is 10.0. The highest BCUT2D eigenvalue weighted by Gasteiger charge is 2.46. The van der Waals surface area contributed by atoms with Crippen molar-refractivity contribution in [2.45, 2.75) is 63.5 Å². The van der Waals surface area contributed by atoms with Crippen molar-refractivity contribution < 1.29 is 19.1 Å². The maximum atomic E-state index is 16.0. The van der Waals surface area contributed by atoms with Crippen LogP contribution < -0.4 is 0 Å². The third-order valence-corrected chi connectivity index (χ3v) is 8.24. The lowest BCUT2D eigenvalue weighted by atomic mass is 9.95. The van der Waals surface area contributed by atoms with Gasteiger partial charge in [0, 0.05) is 42.7 Å². The number of amides is 1. The van der Waals surface area contributed by atoms with Crippen molar-refractivity contribution in [3.05, 3.63) is 83.2 Å². The van der Waals surface area contributed by atoms with Crippen molar-refractivity contribution in [2.75, 3.05) is 0 Å².